The number of hydrogen-bond acceptors (Lipinski definition) is 0. The molecule has 0 heterocycles. The minimum Gasteiger partial charge on any atom is -0.0683 e. The van der Waals surface area contributed by atoms with Crippen molar-refractivity contribution in [3.63, 3.8) is 0 Å². The fraction of sp³-hybridized carbons (Fsp3) is 0.455. The maximum absolute atomic E-state index is 2.40. The molecule has 0 aliphatic carbocycles. The molecule has 0 aromatic heterocycles. The average molecular weight is 296 g/mol. The van der Waals surface area contributed by atoms with Crippen LogP contribution < -0.4 is 0 Å². The Morgan fingerprint density at radius 1 is 0.682 bits per heavy atom. The zero-order valence-electron chi connectivity index (χ0n) is 15.2. The van der Waals surface area contributed by atoms with Crippen LogP contribution in [0.4, 0.5) is 0 Å². The average Bonchev–Trinajstić information content (AvgIpc) is 2.58. The van der Waals surface area contributed by atoms with Crippen molar-refractivity contribution in [3.05, 3.63) is 71.8 Å². The van der Waals surface area contributed by atoms with E-state index in [1.54, 1.807) is 0 Å². The van der Waals surface area contributed by atoms with Gasteiger partial charge in [0.25, 0.3) is 0 Å². The van der Waals surface area contributed by atoms with Gasteiger partial charge in [-0.15, -0.1) is 0 Å². The summed E-state index contributed by atoms with van der Waals surface area (Å²) in [6.45, 7) is 13.4. The fourth-order valence-corrected chi connectivity index (χ4v) is 3.24. The summed E-state index contributed by atoms with van der Waals surface area (Å²) in [6, 6.07) is 21.8. The molecule has 22 heavy (non-hydrogen) atoms. The highest BCUT2D eigenvalue weighted by molar-refractivity contribution is 5.29. The van der Waals surface area contributed by atoms with Gasteiger partial charge >= 0.3 is 0 Å². The van der Waals surface area contributed by atoms with E-state index in [0.717, 1.165) is 12.8 Å². The molecule has 2 rings (SSSR count). The van der Waals surface area contributed by atoms with Gasteiger partial charge in [0, 0.05) is 0 Å². The molecule has 0 N–H and O–H groups in total. The van der Waals surface area contributed by atoms with E-state index in [4.69, 9.17) is 0 Å². The molecule has 0 bridgehead atoms. The molecule has 0 nitrogen and oxygen atoms in total. The minimum atomic E-state index is 0.182. The first kappa shape index (κ1) is 18.5. The van der Waals surface area contributed by atoms with Crippen LogP contribution in [0, 0.1) is 0 Å². The lowest BCUT2D eigenvalue weighted by Crippen LogP contribution is -2.31. The Kier molecular flexibility index (Phi) is 6.87. The third kappa shape index (κ3) is 4.47. The van der Waals surface area contributed by atoms with Gasteiger partial charge in [-0.25, -0.2) is 0 Å². The molecular formula is C22H32. The van der Waals surface area contributed by atoms with E-state index in [0.29, 0.717) is 0 Å². The van der Waals surface area contributed by atoms with Crippen molar-refractivity contribution in [1.82, 2.24) is 0 Å². The van der Waals surface area contributed by atoms with E-state index in [1.165, 1.54) is 11.1 Å². The maximum Gasteiger partial charge on any atom is -0.00696 e. The maximum atomic E-state index is 2.40. The van der Waals surface area contributed by atoms with Crippen LogP contribution in [0.5, 0.6) is 0 Å². The van der Waals surface area contributed by atoms with Crippen LogP contribution in [0.3, 0.4) is 0 Å². The van der Waals surface area contributed by atoms with Gasteiger partial charge in [0.2, 0.25) is 0 Å². The lowest BCUT2D eigenvalue weighted by Gasteiger charge is -2.38. The summed E-state index contributed by atoms with van der Waals surface area (Å²) in [5.41, 5.74) is 3.28. The van der Waals surface area contributed by atoms with Gasteiger partial charge in [0.1, 0.15) is 0 Å². The predicted molar refractivity (Wildman–Crippen MR) is 99.5 cm³/mol. The van der Waals surface area contributed by atoms with E-state index in [9.17, 15) is 0 Å². The summed E-state index contributed by atoms with van der Waals surface area (Å²) in [4.78, 5) is 0. The van der Waals surface area contributed by atoms with Gasteiger partial charge in [-0.2, -0.15) is 0 Å². The molecule has 0 heteroatoms. The molecule has 0 aliphatic rings. The lowest BCUT2D eigenvalue weighted by molar-refractivity contribution is 0.317. The van der Waals surface area contributed by atoms with Crippen molar-refractivity contribution >= 4 is 0 Å². The lowest BCUT2D eigenvalue weighted by atomic mass is 9.66. The Morgan fingerprint density at radius 3 is 1.50 bits per heavy atom. The fourth-order valence-electron chi connectivity index (χ4n) is 3.24. The molecule has 0 radical (unpaired) electrons. The molecule has 0 fully saturated rings. The molecule has 0 saturated carbocycles. The largest absolute Gasteiger partial charge is 0.0683 e. The van der Waals surface area contributed by atoms with Gasteiger partial charge in [0.05, 0.1) is 0 Å². The Morgan fingerprint density at radius 2 is 1.09 bits per heavy atom. The second-order valence-corrected chi connectivity index (χ2v) is 6.71. The first-order chi connectivity index (χ1) is 10.5. The molecule has 2 aromatic carbocycles. The van der Waals surface area contributed by atoms with Crippen LogP contribution in [0.15, 0.2) is 60.7 Å². The number of hydrogen-bond donors (Lipinski definition) is 0. The first-order valence-corrected chi connectivity index (χ1v) is 8.59. The van der Waals surface area contributed by atoms with Crippen LogP contribution in [-0.4, -0.2) is 0 Å². The highest BCUT2D eigenvalue weighted by Gasteiger charge is 2.33. The molecule has 1 atom stereocenters. The Bertz CT molecular complexity index is 524. The smallest absolute Gasteiger partial charge is 0.00696 e. The molecule has 0 saturated heterocycles. The van der Waals surface area contributed by atoms with E-state index < -0.39 is 0 Å². The predicted octanol–water partition coefficient (Wildman–Crippen LogP) is 6.75. The summed E-state index contributed by atoms with van der Waals surface area (Å²) in [6.07, 6.45) is 2.32. The molecule has 0 amide bonds. The monoisotopic (exact) mass is 296 g/mol. The molecule has 2 aromatic rings. The first-order valence-electron chi connectivity index (χ1n) is 8.59. The second-order valence-electron chi connectivity index (χ2n) is 6.71. The van der Waals surface area contributed by atoms with Crippen molar-refractivity contribution in [1.29, 1.82) is 0 Å². The summed E-state index contributed by atoms with van der Waals surface area (Å²) < 4.78 is 0. The van der Waals surface area contributed by atoms with E-state index in [-0.39, 0.29) is 10.8 Å². The standard InChI is InChI=1S/C20H26.C2H6/c1-5-20(4,18-14-10-7-11-15-18)16-19(2,3)17-12-8-6-9-13-17;1-2/h6-15H,5,16H2,1-4H3;1-2H3. The second kappa shape index (κ2) is 8.17. The van der Waals surface area contributed by atoms with Gasteiger partial charge in [-0.05, 0) is 34.8 Å². The molecule has 0 spiro atoms. The normalized spacial score (nSPS) is 13.7. The van der Waals surface area contributed by atoms with Crippen LogP contribution in [0.1, 0.15) is 65.5 Å². The van der Waals surface area contributed by atoms with Crippen LogP contribution in [0.2, 0.25) is 0 Å². The quantitative estimate of drug-likeness (QED) is 0.572. The Balaban J connectivity index is 0.00000116. The Labute approximate surface area is 137 Å². The topological polar surface area (TPSA) is 0 Å². The van der Waals surface area contributed by atoms with Gasteiger partial charge in [-0.3, -0.25) is 0 Å². The highest BCUT2D eigenvalue weighted by Crippen LogP contribution is 2.40. The van der Waals surface area contributed by atoms with E-state index >= 15 is 0 Å². The highest BCUT2D eigenvalue weighted by atomic mass is 14.4. The van der Waals surface area contributed by atoms with Crippen molar-refractivity contribution < 1.29 is 0 Å². The number of rotatable bonds is 5. The SMILES string of the molecule is CC.CCC(C)(CC(C)(C)c1ccccc1)c1ccccc1. The van der Waals surface area contributed by atoms with Crippen LogP contribution >= 0.6 is 0 Å². The number of benzene rings is 2. The molecule has 120 valence electrons. The van der Waals surface area contributed by atoms with Crippen LogP contribution in [-0.2, 0) is 10.8 Å². The minimum absolute atomic E-state index is 0.182. The third-order valence-electron chi connectivity index (χ3n) is 4.64. The van der Waals surface area contributed by atoms with Crippen molar-refractivity contribution in [3.8, 4) is 0 Å². The summed E-state index contributed by atoms with van der Waals surface area (Å²) in [5, 5.41) is 0. The van der Waals surface area contributed by atoms with E-state index in [1.807, 2.05) is 13.8 Å². The molecule has 0 aliphatic heterocycles. The summed E-state index contributed by atoms with van der Waals surface area (Å²) in [7, 11) is 0. The third-order valence-corrected chi connectivity index (χ3v) is 4.64. The van der Waals surface area contributed by atoms with Gasteiger partial charge < -0.3 is 0 Å². The van der Waals surface area contributed by atoms with Crippen molar-refractivity contribution in [2.75, 3.05) is 0 Å². The summed E-state index contributed by atoms with van der Waals surface area (Å²) >= 11 is 0. The van der Waals surface area contributed by atoms with Gasteiger partial charge in [0.15, 0.2) is 0 Å². The van der Waals surface area contributed by atoms with Crippen molar-refractivity contribution in [2.45, 2.75) is 65.2 Å². The zero-order valence-corrected chi connectivity index (χ0v) is 15.2. The van der Waals surface area contributed by atoms with Gasteiger partial charge in [-0.1, -0.05) is 102 Å². The Hall–Kier alpha value is -1.56. The molecule has 1 unspecified atom stereocenters. The molecular weight excluding hydrogens is 264 g/mol. The zero-order chi connectivity index (χ0) is 16.6. The summed E-state index contributed by atoms with van der Waals surface area (Å²) in [5.74, 6) is 0. The van der Waals surface area contributed by atoms with Crippen molar-refractivity contribution in [2.24, 2.45) is 0 Å². The van der Waals surface area contributed by atoms with E-state index in [2.05, 4.69) is 88.4 Å². The van der Waals surface area contributed by atoms with Crippen LogP contribution in [0.25, 0.3) is 0 Å².